The molecule has 7 atom stereocenters. The van der Waals surface area contributed by atoms with Crippen molar-refractivity contribution < 1.29 is 9.50 Å². The molecule has 3 heteroatoms. The van der Waals surface area contributed by atoms with Gasteiger partial charge in [-0.25, -0.2) is 4.39 Å². The molecule has 2 nitrogen and oxygen atoms in total. The zero-order valence-electron chi connectivity index (χ0n) is 13.8. The minimum Gasteiger partial charge on any atom is -0.387 e. The van der Waals surface area contributed by atoms with E-state index in [-0.39, 0.29) is 5.41 Å². The van der Waals surface area contributed by atoms with E-state index < -0.39 is 12.3 Å². The van der Waals surface area contributed by atoms with Gasteiger partial charge in [-0.3, -0.25) is 0 Å². The lowest BCUT2D eigenvalue weighted by atomic mass is 9.50. The number of alkyl halides is 1. The van der Waals surface area contributed by atoms with Gasteiger partial charge in [0.05, 0.1) is 5.60 Å². The number of fused-ring (bicyclic) bond motifs is 5. The molecule has 0 bridgehead atoms. The van der Waals surface area contributed by atoms with Crippen LogP contribution in [0.1, 0.15) is 64.7 Å². The standard InChI is InChI=1S/C19H30FNO/c1-18-8-6-14-13-7-9-19(22,11-20)10-12(13)2-3-15(14)16(18)4-5-17(18)21/h12-16,21-22H,2-11H2,1H3/t12-,13-,14+,15+,16-,18-,19+/m0/s1. The number of aliphatic hydroxyl groups is 1. The normalized spacial score (nSPS) is 54.5. The first-order chi connectivity index (χ1) is 10.5. The lowest BCUT2D eigenvalue weighted by Gasteiger charge is -2.56. The van der Waals surface area contributed by atoms with E-state index in [1.165, 1.54) is 32.1 Å². The highest BCUT2D eigenvalue weighted by Gasteiger charge is 2.56. The Bertz CT molecular complexity index is 480. The minimum absolute atomic E-state index is 0.183. The second-order valence-corrected chi connectivity index (χ2v) is 9.01. The molecule has 0 aromatic carbocycles. The molecule has 22 heavy (non-hydrogen) atoms. The molecule has 4 fully saturated rings. The van der Waals surface area contributed by atoms with Crippen molar-refractivity contribution in [2.75, 3.05) is 6.67 Å². The molecular formula is C19H30FNO. The van der Waals surface area contributed by atoms with Crippen molar-refractivity contribution in [1.29, 1.82) is 5.41 Å². The third-order valence-electron chi connectivity index (χ3n) is 8.14. The Morgan fingerprint density at radius 3 is 2.64 bits per heavy atom. The highest BCUT2D eigenvalue weighted by atomic mass is 19.1. The Kier molecular flexibility index (Phi) is 3.45. The summed E-state index contributed by atoms with van der Waals surface area (Å²) in [4.78, 5) is 0. The summed E-state index contributed by atoms with van der Waals surface area (Å²) in [6.07, 6.45) is 9.48. The fourth-order valence-electron chi connectivity index (χ4n) is 6.90. The van der Waals surface area contributed by atoms with Crippen LogP contribution in [-0.4, -0.2) is 23.1 Å². The minimum atomic E-state index is -1.02. The van der Waals surface area contributed by atoms with Gasteiger partial charge in [-0.15, -0.1) is 0 Å². The number of nitrogens with one attached hydrogen (secondary N) is 1. The second-order valence-electron chi connectivity index (χ2n) is 9.01. The summed E-state index contributed by atoms with van der Waals surface area (Å²) in [5.74, 6) is 3.55. The average Bonchev–Trinajstić information content (AvgIpc) is 2.82. The summed E-state index contributed by atoms with van der Waals surface area (Å²) in [6, 6.07) is 0. The topological polar surface area (TPSA) is 44.1 Å². The van der Waals surface area contributed by atoms with Crippen LogP contribution in [-0.2, 0) is 0 Å². The van der Waals surface area contributed by atoms with Crippen LogP contribution in [0.3, 0.4) is 0 Å². The number of hydrogen-bond acceptors (Lipinski definition) is 2. The maximum atomic E-state index is 13.2. The smallest absolute Gasteiger partial charge is 0.118 e. The molecular weight excluding hydrogens is 277 g/mol. The van der Waals surface area contributed by atoms with E-state index in [1.807, 2.05) is 0 Å². The predicted octanol–water partition coefficient (Wildman–Crippen LogP) is 4.36. The molecule has 124 valence electrons. The van der Waals surface area contributed by atoms with Gasteiger partial charge in [-0.1, -0.05) is 6.92 Å². The molecule has 0 radical (unpaired) electrons. The second kappa shape index (κ2) is 5.03. The third-order valence-corrected chi connectivity index (χ3v) is 8.14. The quantitative estimate of drug-likeness (QED) is 0.742. The van der Waals surface area contributed by atoms with Gasteiger partial charge in [-0.05, 0) is 87.4 Å². The van der Waals surface area contributed by atoms with E-state index in [0.29, 0.717) is 24.7 Å². The maximum absolute atomic E-state index is 13.2. The summed E-state index contributed by atoms with van der Waals surface area (Å²) in [5.41, 5.74) is 0.170. The van der Waals surface area contributed by atoms with E-state index in [4.69, 9.17) is 5.41 Å². The lowest BCUT2D eigenvalue weighted by Crippen LogP contribution is -2.51. The van der Waals surface area contributed by atoms with Crippen LogP contribution in [0.15, 0.2) is 0 Å². The highest BCUT2D eigenvalue weighted by molar-refractivity contribution is 5.89. The van der Waals surface area contributed by atoms with Gasteiger partial charge in [0.1, 0.15) is 6.67 Å². The Hall–Kier alpha value is -0.440. The fourth-order valence-corrected chi connectivity index (χ4v) is 6.90. The van der Waals surface area contributed by atoms with Gasteiger partial charge in [-0.2, -0.15) is 0 Å². The third kappa shape index (κ3) is 2.03. The van der Waals surface area contributed by atoms with Gasteiger partial charge in [0.2, 0.25) is 0 Å². The SMILES string of the molecule is C[C@]12CC[C@H]3[C@@H](CC[C@H]4C[C@@](O)(CF)CC[C@@H]43)[C@@H]1CCC2=N. The molecule has 0 spiro atoms. The van der Waals surface area contributed by atoms with Crippen LogP contribution in [0.25, 0.3) is 0 Å². The van der Waals surface area contributed by atoms with Gasteiger partial charge >= 0.3 is 0 Å². The molecule has 0 aromatic rings. The fraction of sp³-hybridized carbons (Fsp3) is 0.947. The molecule has 0 saturated heterocycles. The van der Waals surface area contributed by atoms with Crippen molar-refractivity contribution in [2.45, 2.75) is 70.3 Å². The molecule has 0 aliphatic heterocycles. The molecule has 0 unspecified atom stereocenters. The van der Waals surface area contributed by atoms with Gasteiger partial charge in [0.15, 0.2) is 0 Å². The van der Waals surface area contributed by atoms with Crippen LogP contribution in [0.5, 0.6) is 0 Å². The van der Waals surface area contributed by atoms with Crippen LogP contribution < -0.4 is 0 Å². The average molecular weight is 307 g/mol. The van der Waals surface area contributed by atoms with Crippen molar-refractivity contribution >= 4 is 5.71 Å². The summed E-state index contributed by atoms with van der Waals surface area (Å²) in [7, 11) is 0. The molecule has 4 rings (SSSR count). The van der Waals surface area contributed by atoms with Crippen molar-refractivity contribution in [2.24, 2.45) is 35.0 Å². The lowest BCUT2D eigenvalue weighted by molar-refractivity contribution is -0.102. The van der Waals surface area contributed by atoms with Gasteiger partial charge < -0.3 is 10.5 Å². The first-order valence-corrected chi connectivity index (χ1v) is 9.33. The van der Waals surface area contributed by atoms with Gasteiger partial charge in [0, 0.05) is 11.1 Å². The molecule has 0 heterocycles. The summed E-state index contributed by atoms with van der Waals surface area (Å²) < 4.78 is 13.2. The predicted molar refractivity (Wildman–Crippen MR) is 85.8 cm³/mol. The summed E-state index contributed by atoms with van der Waals surface area (Å²) in [5, 5.41) is 18.7. The van der Waals surface area contributed by atoms with Crippen molar-refractivity contribution in [3.05, 3.63) is 0 Å². The first-order valence-electron chi connectivity index (χ1n) is 9.33. The van der Waals surface area contributed by atoms with Crippen molar-refractivity contribution in [3.8, 4) is 0 Å². The van der Waals surface area contributed by atoms with Crippen molar-refractivity contribution in [1.82, 2.24) is 0 Å². The van der Waals surface area contributed by atoms with Crippen LogP contribution >= 0.6 is 0 Å². The molecule has 4 saturated carbocycles. The molecule has 4 aliphatic carbocycles. The number of hydrogen-bond donors (Lipinski definition) is 2. The summed E-state index contributed by atoms with van der Waals surface area (Å²) in [6.45, 7) is 1.78. The first kappa shape index (κ1) is 15.1. The van der Waals surface area contributed by atoms with Crippen LogP contribution in [0, 0.1) is 40.4 Å². The van der Waals surface area contributed by atoms with E-state index in [1.54, 1.807) is 0 Å². The molecule has 4 aliphatic rings. The zero-order valence-corrected chi connectivity index (χ0v) is 13.8. The maximum Gasteiger partial charge on any atom is 0.118 e. The Balaban J connectivity index is 1.55. The van der Waals surface area contributed by atoms with Crippen LogP contribution in [0.4, 0.5) is 4.39 Å². The van der Waals surface area contributed by atoms with E-state index in [9.17, 15) is 9.50 Å². The van der Waals surface area contributed by atoms with E-state index >= 15 is 0 Å². The van der Waals surface area contributed by atoms with E-state index in [0.717, 1.165) is 36.3 Å². The molecule has 2 N–H and O–H groups in total. The Morgan fingerprint density at radius 2 is 1.86 bits per heavy atom. The largest absolute Gasteiger partial charge is 0.387 e. The van der Waals surface area contributed by atoms with E-state index in [2.05, 4.69) is 6.92 Å². The number of rotatable bonds is 1. The Morgan fingerprint density at radius 1 is 1.09 bits per heavy atom. The summed E-state index contributed by atoms with van der Waals surface area (Å²) >= 11 is 0. The molecule has 0 amide bonds. The highest BCUT2D eigenvalue weighted by Crippen LogP contribution is 2.61. The number of halogens is 1. The zero-order chi connectivity index (χ0) is 15.5. The molecule has 0 aromatic heterocycles. The van der Waals surface area contributed by atoms with Crippen molar-refractivity contribution in [3.63, 3.8) is 0 Å². The van der Waals surface area contributed by atoms with Crippen LogP contribution in [0.2, 0.25) is 0 Å². The Labute approximate surface area is 133 Å². The monoisotopic (exact) mass is 307 g/mol. The van der Waals surface area contributed by atoms with Gasteiger partial charge in [0.25, 0.3) is 0 Å².